The van der Waals surface area contributed by atoms with Crippen LogP contribution < -0.4 is 4.74 Å². The van der Waals surface area contributed by atoms with Crippen LogP contribution in [0, 0.1) is 11.3 Å². The van der Waals surface area contributed by atoms with Crippen molar-refractivity contribution in [1.29, 1.82) is 5.26 Å². The maximum atomic E-state index is 8.82. The molecule has 0 radical (unpaired) electrons. The number of alkyl halides is 1. The number of ether oxygens (including phenoxy) is 1. The Balaban J connectivity index is 3.05. The molecule has 1 aromatic heterocycles. The van der Waals surface area contributed by atoms with Crippen LogP contribution in [0.5, 0.6) is 5.75 Å². The van der Waals surface area contributed by atoms with Gasteiger partial charge in [0.25, 0.3) is 0 Å². The SMILES string of the molecule is COc1cccnc1C(C#N)CBr. The monoisotopic (exact) mass is 240 g/mol. The fourth-order valence-corrected chi connectivity index (χ4v) is 1.46. The summed E-state index contributed by atoms with van der Waals surface area (Å²) >= 11 is 3.26. The van der Waals surface area contributed by atoms with Gasteiger partial charge in [-0.3, -0.25) is 4.98 Å². The summed E-state index contributed by atoms with van der Waals surface area (Å²) < 4.78 is 5.10. The molecule has 0 saturated heterocycles. The molecule has 0 aromatic carbocycles. The highest BCUT2D eigenvalue weighted by atomic mass is 79.9. The molecule has 0 aliphatic carbocycles. The molecule has 1 rings (SSSR count). The van der Waals surface area contributed by atoms with Gasteiger partial charge < -0.3 is 4.74 Å². The number of hydrogen-bond acceptors (Lipinski definition) is 3. The van der Waals surface area contributed by atoms with Crippen LogP contribution in [0.25, 0.3) is 0 Å². The molecule has 0 N–H and O–H groups in total. The standard InChI is InChI=1S/C9H9BrN2O/c1-13-8-3-2-4-12-9(8)7(5-10)6-11/h2-4,7H,5H2,1H3. The zero-order chi connectivity index (χ0) is 9.68. The Morgan fingerprint density at radius 1 is 1.77 bits per heavy atom. The van der Waals surface area contributed by atoms with Crippen molar-refractivity contribution >= 4 is 15.9 Å². The van der Waals surface area contributed by atoms with Gasteiger partial charge in [0.15, 0.2) is 0 Å². The van der Waals surface area contributed by atoms with E-state index < -0.39 is 0 Å². The smallest absolute Gasteiger partial charge is 0.141 e. The number of nitriles is 1. The third-order valence-corrected chi connectivity index (χ3v) is 2.31. The van der Waals surface area contributed by atoms with E-state index in [1.54, 1.807) is 25.4 Å². The Hall–Kier alpha value is -1.08. The molecule has 1 atom stereocenters. The topological polar surface area (TPSA) is 45.9 Å². The van der Waals surface area contributed by atoms with Crippen LogP contribution in [0.2, 0.25) is 0 Å². The Kier molecular flexibility index (Phi) is 3.71. The van der Waals surface area contributed by atoms with Crippen molar-refractivity contribution in [3.63, 3.8) is 0 Å². The Bertz CT molecular complexity index is 322. The van der Waals surface area contributed by atoms with E-state index in [-0.39, 0.29) is 5.92 Å². The summed E-state index contributed by atoms with van der Waals surface area (Å²) in [5, 5.41) is 9.39. The van der Waals surface area contributed by atoms with Gasteiger partial charge in [-0.25, -0.2) is 0 Å². The van der Waals surface area contributed by atoms with E-state index in [1.165, 1.54) is 0 Å². The number of pyridine rings is 1. The van der Waals surface area contributed by atoms with Gasteiger partial charge in [0.05, 0.1) is 13.2 Å². The maximum Gasteiger partial charge on any atom is 0.141 e. The lowest BCUT2D eigenvalue weighted by molar-refractivity contribution is 0.406. The highest BCUT2D eigenvalue weighted by molar-refractivity contribution is 9.09. The zero-order valence-corrected chi connectivity index (χ0v) is 8.78. The molecule has 0 aliphatic rings. The summed E-state index contributed by atoms with van der Waals surface area (Å²) in [5.41, 5.74) is 0.685. The summed E-state index contributed by atoms with van der Waals surface area (Å²) in [6, 6.07) is 5.74. The quantitative estimate of drug-likeness (QED) is 0.761. The van der Waals surface area contributed by atoms with E-state index in [2.05, 4.69) is 27.0 Å². The Morgan fingerprint density at radius 3 is 3.08 bits per heavy atom. The number of aromatic nitrogens is 1. The highest BCUT2D eigenvalue weighted by Gasteiger charge is 2.14. The Morgan fingerprint density at radius 2 is 2.54 bits per heavy atom. The number of hydrogen-bond donors (Lipinski definition) is 0. The molecule has 0 fully saturated rings. The van der Waals surface area contributed by atoms with Crippen molar-refractivity contribution in [2.45, 2.75) is 5.92 Å². The molecule has 13 heavy (non-hydrogen) atoms. The van der Waals surface area contributed by atoms with Gasteiger partial charge in [0, 0.05) is 11.5 Å². The fraction of sp³-hybridized carbons (Fsp3) is 0.333. The molecule has 1 heterocycles. The van der Waals surface area contributed by atoms with E-state index in [0.717, 1.165) is 0 Å². The van der Waals surface area contributed by atoms with Crippen LogP contribution in [0.3, 0.4) is 0 Å². The lowest BCUT2D eigenvalue weighted by atomic mass is 10.1. The second-order valence-corrected chi connectivity index (χ2v) is 3.07. The molecule has 0 saturated carbocycles. The van der Waals surface area contributed by atoms with Crippen LogP contribution in [-0.2, 0) is 0 Å². The van der Waals surface area contributed by atoms with Crippen molar-refractivity contribution in [2.24, 2.45) is 0 Å². The molecule has 68 valence electrons. The van der Waals surface area contributed by atoms with Crippen LogP contribution in [-0.4, -0.2) is 17.4 Å². The molecule has 3 nitrogen and oxygen atoms in total. The van der Waals surface area contributed by atoms with Crippen molar-refractivity contribution < 1.29 is 4.74 Å². The fourth-order valence-electron chi connectivity index (χ4n) is 1.01. The average Bonchev–Trinajstić information content (AvgIpc) is 2.20. The molecular formula is C9H9BrN2O. The molecule has 0 bridgehead atoms. The third-order valence-electron chi connectivity index (χ3n) is 1.66. The van der Waals surface area contributed by atoms with Gasteiger partial charge in [0.1, 0.15) is 17.4 Å². The van der Waals surface area contributed by atoms with Gasteiger partial charge in [-0.05, 0) is 12.1 Å². The van der Waals surface area contributed by atoms with Crippen LogP contribution >= 0.6 is 15.9 Å². The predicted octanol–water partition coefficient (Wildman–Crippen LogP) is 2.09. The van der Waals surface area contributed by atoms with Crippen LogP contribution in [0.4, 0.5) is 0 Å². The van der Waals surface area contributed by atoms with Gasteiger partial charge in [-0.2, -0.15) is 5.26 Å². The first-order chi connectivity index (χ1) is 6.33. The summed E-state index contributed by atoms with van der Waals surface area (Å²) in [7, 11) is 1.57. The highest BCUT2D eigenvalue weighted by Crippen LogP contribution is 2.24. The van der Waals surface area contributed by atoms with Crippen molar-refractivity contribution in [3.8, 4) is 11.8 Å². The van der Waals surface area contributed by atoms with Gasteiger partial charge in [-0.1, -0.05) is 15.9 Å². The first-order valence-electron chi connectivity index (χ1n) is 3.78. The summed E-state index contributed by atoms with van der Waals surface area (Å²) in [5.74, 6) is 0.407. The van der Waals surface area contributed by atoms with Crippen molar-refractivity contribution in [3.05, 3.63) is 24.0 Å². The summed E-state index contributed by atoms with van der Waals surface area (Å²) in [6.45, 7) is 0. The second kappa shape index (κ2) is 4.83. The summed E-state index contributed by atoms with van der Waals surface area (Å²) in [4.78, 5) is 4.11. The molecule has 0 amide bonds. The van der Waals surface area contributed by atoms with Crippen molar-refractivity contribution in [1.82, 2.24) is 4.98 Å². The molecule has 4 heteroatoms. The van der Waals surface area contributed by atoms with Gasteiger partial charge in [-0.15, -0.1) is 0 Å². The maximum absolute atomic E-state index is 8.82. The Labute approximate surface area is 85.5 Å². The van der Waals surface area contributed by atoms with Gasteiger partial charge >= 0.3 is 0 Å². The number of methoxy groups -OCH3 is 1. The molecule has 0 spiro atoms. The lowest BCUT2D eigenvalue weighted by Crippen LogP contribution is -2.02. The van der Waals surface area contributed by atoms with E-state index in [1.807, 2.05) is 0 Å². The average molecular weight is 241 g/mol. The predicted molar refractivity (Wildman–Crippen MR) is 52.9 cm³/mol. The second-order valence-electron chi connectivity index (χ2n) is 2.43. The first kappa shape index (κ1) is 10.0. The van der Waals surface area contributed by atoms with E-state index in [9.17, 15) is 0 Å². The minimum Gasteiger partial charge on any atom is -0.495 e. The van der Waals surface area contributed by atoms with Crippen LogP contribution in [0.15, 0.2) is 18.3 Å². The lowest BCUT2D eigenvalue weighted by Gasteiger charge is -2.08. The van der Waals surface area contributed by atoms with E-state index in [4.69, 9.17) is 10.00 Å². The molecule has 1 aromatic rings. The molecule has 0 aliphatic heterocycles. The van der Waals surface area contributed by atoms with Crippen molar-refractivity contribution in [2.75, 3.05) is 12.4 Å². The minimum atomic E-state index is -0.254. The van der Waals surface area contributed by atoms with E-state index in [0.29, 0.717) is 16.8 Å². The number of rotatable bonds is 3. The third kappa shape index (κ3) is 2.19. The first-order valence-corrected chi connectivity index (χ1v) is 4.90. The normalized spacial score (nSPS) is 11.8. The molecular weight excluding hydrogens is 232 g/mol. The minimum absolute atomic E-state index is 0.254. The number of halogens is 1. The largest absolute Gasteiger partial charge is 0.495 e. The summed E-state index contributed by atoms with van der Waals surface area (Å²) in [6.07, 6.45) is 1.66. The zero-order valence-electron chi connectivity index (χ0n) is 7.20. The van der Waals surface area contributed by atoms with E-state index >= 15 is 0 Å². The van der Waals surface area contributed by atoms with Crippen LogP contribution in [0.1, 0.15) is 11.6 Å². The number of nitrogens with zero attached hydrogens (tertiary/aromatic N) is 2. The van der Waals surface area contributed by atoms with Gasteiger partial charge in [0.2, 0.25) is 0 Å². The molecule has 1 unspecified atom stereocenters.